The fraction of sp³-hybridized carbons (Fsp3) is 0.300. The van der Waals surface area contributed by atoms with Gasteiger partial charge in [-0.05, 0) is 36.8 Å². The molecule has 1 aromatic heterocycles. The maximum Gasteiger partial charge on any atom is 0.419 e. The molecule has 0 fully saturated rings. The number of hydrogen-bond donors (Lipinski definition) is 1. The van der Waals surface area contributed by atoms with Crippen LogP contribution in [0.5, 0.6) is 11.5 Å². The molecule has 0 saturated heterocycles. The van der Waals surface area contributed by atoms with Crippen LogP contribution >= 0.6 is 0 Å². The number of nitrogens with one attached hydrogen (secondary N) is 1. The first kappa shape index (κ1) is 17.2. The molecule has 0 saturated carbocycles. The third kappa shape index (κ3) is 3.53. The van der Waals surface area contributed by atoms with E-state index in [1.165, 1.54) is 4.57 Å². The summed E-state index contributed by atoms with van der Waals surface area (Å²) in [5, 5.41) is 2.95. The topological polar surface area (TPSA) is 82.7 Å². The van der Waals surface area contributed by atoms with Gasteiger partial charge in [-0.25, -0.2) is 4.79 Å². The Morgan fingerprint density at radius 2 is 1.93 bits per heavy atom. The van der Waals surface area contributed by atoms with E-state index in [4.69, 9.17) is 13.9 Å². The van der Waals surface area contributed by atoms with Crippen molar-refractivity contribution < 1.29 is 18.7 Å². The van der Waals surface area contributed by atoms with Gasteiger partial charge in [0.2, 0.25) is 5.91 Å². The normalized spacial score (nSPS) is 14.1. The second-order valence-corrected chi connectivity index (χ2v) is 6.43. The molecule has 140 valence electrons. The van der Waals surface area contributed by atoms with Crippen molar-refractivity contribution in [2.45, 2.75) is 25.9 Å². The standard InChI is InChI=1S/C20H20N2O5/c1-13(14-6-7-17-18(12-14)26-11-10-25-17)21-19(23)8-9-22-15-4-2-3-5-16(15)27-20(22)24/h2-7,12-13H,8-11H2,1H3,(H,21,23). The fourth-order valence-electron chi connectivity index (χ4n) is 3.17. The van der Waals surface area contributed by atoms with Gasteiger partial charge < -0.3 is 19.2 Å². The van der Waals surface area contributed by atoms with E-state index in [-0.39, 0.29) is 24.9 Å². The Morgan fingerprint density at radius 1 is 1.15 bits per heavy atom. The molecule has 0 aliphatic carbocycles. The van der Waals surface area contributed by atoms with Crippen molar-refractivity contribution in [2.75, 3.05) is 13.2 Å². The number of fused-ring (bicyclic) bond motifs is 2. The highest BCUT2D eigenvalue weighted by atomic mass is 16.6. The molecule has 1 aliphatic rings. The minimum atomic E-state index is -0.455. The first-order valence-electron chi connectivity index (χ1n) is 8.89. The molecule has 1 unspecified atom stereocenters. The molecule has 27 heavy (non-hydrogen) atoms. The lowest BCUT2D eigenvalue weighted by Gasteiger charge is -2.21. The number of oxazole rings is 1. The quantitative estimate of drug-likeness (QED) is 0.749. The number of amides is 1. The summed E-state index contributed by atoms with van der Waals surface area (Å²) in [6.07, 6.45) is 0.179. The third-order valence-corrected chi connectivity index (χ3v) is 4.58. The van der Waals surface area contributed by atoms with E-state index < -0.39 is 5.76 Å². The summed E-state index contributed by atoms with van der Waals surface area (Å²) in [5.74, 6) is 0.810. The third-order valence-electron chi connectivity index (χ3n) is 4.58. The van der Waals surface area contributed by atoms with E-state index in [0.29, 0.717) is 30.1 Å². The van der Waals surface area contributed by atoms with Gasteiger partial charge >= 0.3 is 5.76 Å². The van der Waals surface area contributed by atoms with Gasteiger partial charge in [-0.1, -0.05) is 18.2 Å². The average Bonchev–Trinajstić information content (AvgIpc) is 3.01. The minimum absolute atomic E-state index is 0.144. The number of aryl methyl sites for hydroxylation is 1. The van der Waals surface area contributed by atoms with Gasteiger partial charge in [-0.15, -0.1) is 0 Å². The summed E-state index contributed by atoms with van der Waals surface area (Å²) in [7, 11) is 0. The molecule has 4 rings (SSSR count). The lowest BCUT2D eigenvalue weighted by Crippen LogP contribution is -2.28. The summed E-state index contributed by atoms with van der Waals surface area (Å²) in [4.78, 5) is 24.3. The highest BCUT2D eigenvalue weighted by molar-refractivity contribution is 5.77. The largest absolute Gasteiger partial charge is 0.486 e. The van der Waals surface area contributed by atoms with E-state index in [1.807, 2.05) is 31.2 Å². The van der Waals surface area contributed by atoms with E-state index in [9.17, 15) is 9.59 Å². The summed E-state index contributed by atoms with van der Waals surface area (Å²) in [6, 6.07) is 12.6. The Morgan fingerprint density at radius 3 is 2.78 bits per heavy atom. The van der Waals surface area contributed by atoms with Crippen LogP contribution in [0.4, 0.5) is 0 Å². The summed E-state index contributed by atoms with van der Waals surface area (Å²) >= 11 is 0. The fourth-order valence-corrected chi connectivity index (χ4v) is 3.17. The van der Waals surface area contributed by atoms with Gasteiger partial charge in [0.1, 0.15) is 13.2 Å². The molecule has 3 aromatic rings. The van der Waals surface area contributed by atoms with Gasteiger partial charge in [-0.3, -0.25) is 9.36 Å². The second-order valence-electron chi connectivity index (χ2n) is 6.43. The monoisotopic (exact) mass is 368 g/mol. The predicted octanol–water partition coefficient (Wildman–Crippen LogP) is 2.63. The molecule has 1 N–H and O–H groups in total. The van der Waals surface area contributed by atoms with Gasteiger partial charge in [0, 0.05) is 13.0 Å². The van der Waals surface area contributed by atoms with Gasteiger partial charge in [0.05, 0.1) is 11.6 Å². The van der Waals surface area contributed by atoms with Crippen molar-refractivity contribution in [1.29, 1.82) is 0 Å². The maximum absolute atomic E-state index is 12.3. The van der Waals surface area contributed by atoms with Gasteiger partial charge in [0.15, 0.2) is 17.1 Å². The van der Waals surface area contributed by atoms with Crippen LogP contribution in [-0.2, 0) is 11.3 Å². The van der Waals surface area contributed by atoms with Crippen molar-refractivity contribution in [3.05, 3.63) is 58.6 Å². The first-order chi connectivity index (χ1) is 13.1. The minimum Gasteiger partial charge on any atom is -0.486 e. The number of hydrogen-bond acceptors (Lipinski definition) is 5. The van der Waals surface area contributed by atoms with Crippen molar-refractivity contribution in [3.8, 4) is 11.5 Å². The predicted molar refractivity (Wildman–Crippen MR) is 99.1 cm³/mol. The average molecular weight is 368 g/mol. The number of para-hydroxylation sites is 2. The van der Waals surface area contributed by atoms with Crippen molar-refractivity contribution in [2.24, 2.45) is 0 Å². The second kappa shape index (κ2) is 7.19. The highest BCUT2D eigenvalue weighted by Crippen LogP contribution is 2.32. The molecule has 7 heteroatoms. The maximum atomic E-state index is 12.3. The van der Waals surface area contributed by atoms with Crippen molar-refractivity contribution >= 4 is 17.0 Å². The van der Waals surface area contributed by atoms with Crippen molar-refractivity contribution in [3.63, 3.8) is 0 Å². The smallest absolute Gasteiger partial charge is 0.419 e. The lowest BCUT2D eigenvalue weighted by molar-refractivity contribution is -0.121. The zero-order valence-corrected chi connectivity index (χ0v) is 14.9. The number of rotatable bonds is 5. The Bertz CT molecular complexity index is 1040. The molecule has 0 radical (unpaired) electrons. The SMILES string of the molecule is CC(NC(=O)CCn1c(=O)oc2ccccc21)c1ccc2c(c1)OCCO2. The van der Waals surface area contributed by atoms with E-state index in [2.05, 4.69) is 5.32 Å². The number of ether oxygens (including phenoxy) is 2. The molecule has 2 heterocycles. The van der Waals surface area contributed by atoms with Gasteiger partial charge in [-0.2, -0.15) is 0 Å². The van der Waals surface area contributed by atoms with Gasteiger partial charge in [0.25, 0.3) is 0 Å². The highest BCUT2D eigenvalue weighted by Gasteiger charge is 2.16. The molecule has 0 spiro atoms. The number of carbonyl (C=O) groups excluding carboxylic acids is 1. The Hall–Kier alpha value is -3.22. The summed E-state index contributed by atoms with van der Waals surface area (Å²) in [5.41, 5.74) is 2.14. The van der Waals surface area contributed by atoms with E-state index >= 15 is 0 Å². The number of benzene rings is 2. The Kier molecular flexibility index (Phi) is 4.58. The molecule has 1 amide bonds. The summed E-state index contributed by atoms with van der Waals surface area (Å²) < 4.78 is 17.8. The molecule has 2 aromatic carbocycles. The lowest BCUT2D eigenvalue weighted by atomic mass is 10.1. The van der Waals surface area contributed by atoms with Crippen LogP contribution in [0.15, 0.2) is 51.7 Å². The molecule has 0 bridgehead atoms. The number of aromatic nitrogens is 1. The zero-order valence-electron chi connectivity index (χ0n) is 14.9. The van der Waals surface area contributed by atoms with Crippen LogP contribution in [0.25, 0.3) is 11.1 Å². The van der Waals surface area contributed by atoms with E-state index in [0.717, 1.165) is 11.3 Å². The molecule has 1 aliphatic heterocycles. The van der Waals surface area contributed by atoms with Crippen LogP contribution in [0.3, 0.4) is 0 Å². The van der Waals surface area contributed by atoms with E-state index in [1.54, 1.807) is 18.2 Å². The molecular weight excluding hydrogens is 348 g/mol. The Balaban J connectivity index is 1.40. The number of nitrogens with zero attached hydrogens (tertiary/aromatic N) is 1. The molecular formula is C20H20N2O5. The van der Waals surface area contributed by atoms with Crippen LogP contribution in [0, 0.1) is 0 Å². The Labute approximate surface area is 155 Å². The van der Waals surface area contributed by atoms with Crippen LogP contribution in [0.1, 0.15) is 24.9 Å². The zero-order chi connectivity index (χ0) is 18.8. The molecule has 1 atom stereocenters. The first-order valence-corrected chi connectivity index (χ1v) is 8.89. The molecule has 7 nitrogen and oxygen atoms in total. The van der Waals surface area contributed by atoms with Crippen LogP contribution < -0.4 is 20.5 Å². The number of carbonyl (C=O) groups is 1. The summed E-state index contributed by atoms with van der Waals surface area (Å²) in [6.45, 7) is 3.23. The van der Waals surface area contributed by atoms with Crippen LogP contribution in [-0.4, -0.2) is 23.7 Å². The van der Waals surface area contributed by atoms with Crippen molar-refractivity contribution in [1.82, 2.24) is 9.88 Å². The van der Waals surface area contributed by atoms with Crippen LogP contribution in [0.2, 0.25) is 0 Å².